The van der Waals surface area contributed by atoms with Gasteiger partial charge in [-0.1, -0.05) is 6.07 Å². The smallest absolute Gasteiger partial charge is 0.226 e. The Morgan fingerprint density at radius 3 is 2.55 bits per heavy atom. The standard InChI is InChI=1S/C22H24N2O4S/c1-4-28-19-11-5-15(13-20(19)27-3)6-12-21(25)24-22-23-18(14-29-22)16-7-9-17(26-2)10-8-16/h5,7-11,13-14H,4,6,12H2,1-3H3,(H,23,24,25). The van der Waals surface area contributed by atoms with Crippen LogP contribution in [-0.4, -0.2) is 31.7 Å². The fourth-order valence-electron chi connectivity index (χ4n) is 2.81. The number of hydrogen-bond donors (Lipinski definition) is 1. The molecule has 0 saturated heterocycles. The summed E-state index contributed by atoms with van der Waals surface area (Å²) in [4.78, 5) is 16.8. The van der Waals surface area contributed by atoms with Crippen LogP contribution in [0.2, 0.25) is 0 Å². The van der Waals surface area contributed by atoms with Crippen LogP contribution in [-0.2, 0) is 11.2 Å². The number of benzene rings is 2. The van der Waals surface area contributed by atoms with Crippen molar-refractivity contribution in [1.82, 2.24) is 4.98 Å². The number of amides is 1. The molecule has 0 radical (unpaired) electrons. The second kappa shape index (κ2) is 9.93. The van der Waals surface area contributed by atoms with Gasteiger partial charge in [0.25, 0.3) is 0 Å². The number of carbonyl (C=O) groups is 1. The summed E-state index contributed by atoms with van der Waals surface area (Å²) in [6, 6.07) is 13.4. The summed E-state index contributed by atoms with van der Waals surface area (Å²) < 4.78 is 16.0. The monoisotopic (exact) mass is 412 g/mol. The number of anilines is 1. The molecule has 1 N–H and O–H groups in total. The van der Waals surface area contributed by atoms with Crippen LogP contribution in [0, 0.1) is 0 Å². The number of thiazole rings is 1. The first-order chi connectivity index (χ1) is 14.1. The number of hydrogen-bond acceptors (Lipinski definition) is 6. The van der Waals surface area contributed by atoms with Gasteiger partial charge < -0.3 is 19.5 Å². The highest BCUT2D eigenvalue weighted by Crippen LogP contribution is 2.29. The highest BCUT2D eigenvalue weighted by molar-refractivity contribution is 7.14. The summed E-state index contributed by atoms with van der Waals surface area (Å²) >= 11 is 1.41. The lowest BCUT2D eigenvalue weighted by atomic mass is 10.1. The number of carbonyl (C=O) groups excluding carboxylic acids is 1. The Balaban J connectivity index is 1.56. The Hall–Kier alpha value is -3.06. The minimum atomic E-state index is -0.0755. The van der Waals surface area contributed by atoms with E-state index in [1.165, 1.54) is 11.3 Å². The minimum Gasteiger partial charge on any atom is -0.497 e. The SMILES string of the molecule is CCOc1ccc(CCC(=O)Nc2nc(-c3ccc(OC)cc3)cs2)cc1OC. The molecular formula is C22H24N2O4S. The molecule has 0 atom stereocenters. The van der Waals surface area contributed by atoms with E-state index < -0.39 is 0 Å². The molecule has 7 heteroatoms. The van der Waals surface area contributed by atoms with Crippen LogP contribution in [0.15, 0.2) is 47.8 Å². The maximum atomic E-state index is 12.3. The van der Waals surface area contributed by atoms with E-state index in [4.69, 9.17) is 14.2 Å². The molecule has 6 nitrogen and oxygen atoms in total. The van der Waals surface area contributed by atoms with Crippen LogP contribution < -0.4 is 19.5 Å². The van der Waals surface area contributed by atoms with Crippen molar-refractivity contribution in [2.24, 2.45) is 0 Å². The zero-order chi connectivity index (χ0) is 20.6. The summed E-state index contributed by atoms with van der Waals surface area (Å²) in [5, 5.41) is 5.39. The van der Waals surface area contributed by atoms with Crippen molar-refractivity contribution in [3.8, 4) is 28.5 Å². The van der Waals surface area contributed by atoms with Crippen molar-refractivity contribution in [2.45, 2.75) is 19.8 Å². The molecule has 0 saturated carbocycles. The quantitative estimate of drug-likeness (QED) is 0.547. The first kappa shape index (κ1) is 20.7. The molecule has 0 fully saturated rings. The molecule has 0 aliphatic carbocycles. The van der Waals surface area contributed by atoms with Crippen LogP contribution in [0.1, 0.15) is 18.9 Å². The molecule has 0 aliphatic rings. The van der Waals surface area contributed by atoms with Crippen LogP contribution in [0.5, 0.6) is 17.2 Å². The maximum absolute atomic E-state index is 12.3. The molecule has 1 amide bonds. The van der Waals surface area contributed by atoms with E-state index in [0.29, 0.717) is 36.1 Å². The van der Waals surface area contributed by atoms with Gasteiger partial charge in [0.15, 0.2) is 16.6 Å². The molecule has 1 heterocycles. The first-order valence-electron chi connectivity index (χ1n) is 9.32. The van der Waals surface area contributed by atoms with Crippen LogP contribution >= 0.6 is 11.3 Å². The topological polar surface area (TPSA) is 69.7 Å². The number of nitrogens with one attached hydrogen (secondary N) is 1. The van der Waals surface area contributed by atoms with Crippen molar-refractivity contribution < 1.29 is 19.0 Å². The van der Waals surface area contributed by atoms with Crippen molar-refractivity contribution in [3.05, 3.63) is 53.4 Å². The molecule has 0 aliphatic heterocycles. The Bertz CT molecular complexity index is 954. The number of methoxy groups -OCH3 is 2. The molecule has 1 aromatic heterocycles. The summed E-state index contributed by atoms with van der Waals surface area (Å²) in [6.45, 7) is 2.50. The average molecular weight is 413 g/mol. The van der Waals surface area contributed by atoms with Crippen molar-refractivity contribution in [2.75, 3.05) is 26.1 Å². The molecule has 29 heavy (non-hydrogen) atoms. The molecular weight excluding hydrogens is 388 g/mol. The van der Waals surface area contributed by atoms with E-state index >= 15 is 0 Å². The largest absolute Gasteiger partial charge is 0.497 e. The lowest BCUT2D eigenvalue weighted by Crippen LogP contribution is -2.12. The van der Waals surface area contributed by atoms with E-state index in [9.17, 15) is 4.79 Å². The number of nitrogens with zero attached hydrogens (tertiary/aromatic N) is 1. The average Bonchev–Trinajstić information content (AvgIpc) is 3.21. The third kappa shape index (κ3) is 5.48. The number of aromatic nitrogens is 1. The molecule has 3 rings (SSSR count). The first-order valence-corrected chi connectivity index (χ1v) is 10.2. The lowest BCUT2D eigenvalue weighted by Gasteiger charge is -2.10. The van der Waals surface area contributed by atoms with Gasteiger partial charge in [-0.15, -0.1) is 11.3 Å². The molecule has 2 aromatic carbocycles. The second-order valence-corrected chi connectivity index (χ2v) is 7.09. The second-order valence-electron chi connectivity index (χ2n) is 6.23. The predicted octanol–water partition coefficient (Wildman–Crippen LogP) is 4.80. The molecule has 0 spiro atoms. The highest BCUT2D eigenvalue weighted by atomic mass is 32.1. The van der Waals surface area contributed by atoms with E-state index in [0.717, 1.165) is 22.6 Å². The van der Waals surface area contributed by atoms with Gasteiger partial charge in [-0.2, -0.15) is 0 Å². The van der Waals surface area contributed by atoms with Crippen molar-refractivity contribution in [3.63, 3.8) is 0 Å². The maximum Gasteiger partial charge on any atom is 0.226 e. The van der Waals surface area contributed by atoms with Gasteiger partial charge in [-0.05, 0) is 55.3 Å². The minimum absolute atomic E-state index is 0.0755. The highest BCUT2D eigenvalue weighted by Gasteiger charge is 2.10. The third-order valence-electron chi connectivity index (χ3n) is 4.30. The van der Waals surface area contributed by atoms with Gasteiger partial charge >= 0.3 is 0 Å². The van der Waals surface area contributed by atoms with E-state index in [1.807, 2.05) is 54.8 Å². The lowest BCUT2D eigenvalue weighted by molar-refractivity contribution is -0.116. The van der Waals surface area contributed by atoms with Crippen LogP contribution in [0.4, 0.5) is 5.13 Å². The summed E-state index contributed by atoms with van der Waals surface area (Å²) in [7, 11) is 3.24. The van der Waals surface area contributed by atoms with E-state index in [-0.39, 0.29) is 5.91 Å². The fourth-order valence-corrected chi connectivity index (χ4v) is 3.54. The van der Waals surface area contributed by atoms with Crippen molar-refractivity contribution in [1.29, 1.82) is 0 Å². The summed E-state index contributed by atoms with van der Waals surface area (Å²) in [5.74, 6) is 2.10. The molecule has 152 valence electrons. The van der Waals surface area contributed by atoms with Gasteiger partial charge in [-0.3, -0.25) is 4.79 Å². The van der Waals surface area contributed by atoms with Gasteiger partial charge in [-0.25, -0.2) is 4.98 Å². The van der Waals surface area contributed by atoms with Gasteiger partial charge in [0, 0.05) is 17.4 Å². The Kier molecular flexibility index (Phi) is 7.08. The fraction of sp³-hybridized carbons (Fsp3) is 0.273. The van der Waals surface area contributed by atoms with E-state index in [1.54, 1.807) is 14.2 Å². The zero-order valence-electron chi connectivity index (χ0n) is 16.7. The Morgan fingerprint density at radius 2 is 1.86 bits per heavy atom. The Morgan fingerprint density at radius 1 is 1.07 bits per heavy atom. The van der Waals surface area contributed by atoms with Crippen LogP contribution in [0.3, 0.4) is 0 Å². The van der Waals surface area contributed by atoms with Crippen LogP contribution in [0.25, 0.3) is 11.3 Å². The van der Waals surface area contributed by atoms with E-state index in [2.05, 4.69) is 10.3 Å². The van der Waals surface area contributed by atoms with Crippen molar-refractivity contribution >= 4 is 22.4 Å². The predicted molar refractivity (Wildman–Crippen MR) is 115 cm³/mol. The summed E-state index contributed by atoms with van der Waals surface area (Å²) in [6.07, 6.45) is 0.958. The van der Waals surface area contributed by atoms with Gasteiger partial charge in [0.2, 0.25) is 5.91 Å². The van der Waals surface area contributed by atoms with Gasteiger partial charge in [0.1, 0.15) is 5.75 Å². The number of rotatable bonds is 9. The Labute approximate surface area is 174 Å². The van der Waals surface area contributed by atoms with Gasteiger partial charge in [0.05, 0.1) is 26.5 Å². The summed E-state index contributed by atoms with van der Waals surface area (Å²) in [5.41, 5.74) is 2.81. The molecule has 0 unspecified atom stereocenters. The molecule has 3 aromatic rings. The number of aryl methyl sites for hydroxylation is 1. The number of ether oxygens (including phenoxy) is 3. The zero-order valence-corrected chi connectivity index (χ0v) is 17.5. The third-order valence-corrected chi connectivity index (χ3v) is 5.06. The normalized spacial score (nSPS) is 10.4. The molecule has 0 bridgehead atoms.